The summed E-state index contributed by atoms with van der Waals surface area (Å²) in [6.07, 6.45) is 3.23. The second-order valence-corrected chi connectivity index (χ2v) is 3.73. The first-order chi connectivity index (χ1) is 8.78. The standard InChI is InChI=1S/C13H14N4O/c14-8-10-3-1-4-11(7-10)16-13(18)17-12-5-2-6-15-9-12/h1-7,9H,8,14H2,(H2,16,17,18). The quantitative estimate of drug-likeness (QED) is 0.771. The second-order valence-electron chi connectivity index (χ2n) is 3.73. The van der Waals surface area contributed by atoms with Gasteiger partial charge in [0.25, 0.3) is 0 Å². The van der Waals surface area contributed by atoms with Crippen molar-refractivity contribution in [2.45, 2.75) is 6.54 Å². The number of nitrogens with two attached hydrogens (primary N) is 1. The van der Waals surface area contributed by atoms with Gasteiger partial charge in [-0.05, 0) is 29.8 Å². The van der Waals surface area contributed by atoms with Gasteiger partial charge in [0.15, 0.2) is 0 Å². The summed E-state index contributed by atoms with van der Waals surface area (Å²) in [4.78, 5) is 15.6. The molecule has 2 amide bonds. The van der Waals surface area contributed by atoms with E-state index in [9.17, 15) is 4.79 Å². The summed E-state index contributed by atoms with van der Waals surface area (Å²) in [5.41, 5.74) is 7.85. The highest BCUT2D eigenvalue weighted by Gasteiger charge is 2.02. The number of nitrogens with one attached hydrogen (secondary N) is 2. The Morgan fingerprint density at radius 3 is 2.67 bits per heavy atom. The molecule has 0 bridgehead atoms. The average Bonchev–Trinajstić information content (AvgIpc) is 2.40. The highest BCUT2D eigenvalue weighted by molar-refractivity contribution is 5.99. The van der Waals surface area contributed by atoms with E-state index in [0.717, 1.165) is 5.56 Å². The van der Waals surface area contributed by atoms with E-state index in [1.165, 1.54) is 0 Å². The lowest BCUT2D eigenvalue weighted by Gasteiger charge is -2.08. The van der Waals surface area contributed by atoms with Gasteiger partial charge in [-0.25, -0.2) is 4.79 Å². The maximum atomic E-state index is 11.7. The lowest BCUT2D eigenvalue weighted by molar-refractivity contribution is 0.262. The van der Waals surface area contributed by atoms with Crippen LogP contribution in [0.15, 0.2) is 48.8 Å². The third-order valence-corrected chi connectivity index (χ3v) is 2.34. The molecular weight excluding hydrogens is 228 g/mol. The van der Waals surface area contributed by atoms with Gasteiger partial charge >= 0.3 is 6.03 Å². The second kappa shape index (κ2) is 5.79. The summed E-state index contributed by atoms with van der Waals surface area (Å²) in [6, 6.07) is 10.6. The number of carbonyl (C=O) groups is 1. The van der Waals surface area contributed by atoms with E-state index in [4.69, 9.17) is 5.73 Å². The van der Waals surface area contributed by atoms with E-state index < -0.39 is 0 Å². The van der Waals surface area contributed by atoms with Crippen molar-refractivity contribution in [2.24, 2.45) is 5.73 Å². The molecule has 18 heavy (non-hydrogen) atoms. The number of hydrogen-bond acceptors (Lipinski definition) is 3. The van der Waals surface area contributed by atoms with Crippen LogP contribution in [0.2, 0.25) is 0 Å². The molecule has 0 fully saturated rings. The minimum absolute atomic E-state index is 0.308. The third kappa shape index (κ3) is 3.29. The first kappa shape index (κ1) is 12.1. The summed E-state index contributed by atoms with van der Waals surface area (Å²) in [5, 5.41) is 5.42. The smallest absolute Gasteiger partial charge is 0.323 e. The Bertz CT molecular complexity index is 528. The van der Waals surface area contributed by atoms with Crippen LogP contribution in [0.5, 0.6) is 0 Å². The van der Waals surface area contributed by atoms with Crippen LogP contribution < -0.4 is 16.4 Å². The van der Waals surface area contributed by atoms with Gasteiger partial charge in [0.05, 0.1) is 11.9 Å². The van der Waals surface area contributed by atoms with Crippen molar-refractivity contribution in [3.05, 3.63) is 54.4 Å². The van der Waals surface area contributed by atoms with Crippen LogP contribution in [0.4, 0.5) is 16.2 Å². The molecule has 0 unspecified atom stereocenters. The minimum atomic E-state index is -0.308. The Balaban J connectivity index is 1.99. The topological polar surface area (TPSA) is 80.0 Å². The summed E-state index contributed by atoms with van der Waals surface area (Å²) >= 11 is 0. The van der Waals surface area contributed by atoms with E-state index >= 15 is 0 Å². The van der Waals surface area contributed by atoms with Crippen LogP contribution >= 0.6 is 0 Å². The van der Waals surface area contributed by atoms with E-state index in [0.29, 0.717) is 17.9 Å². The Labute approximate surface area is 105 Å². The number of anilines is 2. The molecule has 0 aliphatic heterocycles. The first-order valence-corrected chi connectivity index (χ1v) is 5.55. The number of hydrogen-bond donors (Lipinski definition) is 3. The van der Waals surface area contributed by atoms with Gasteiger partial charge in [-0.1, -0.05) is 12.1 Å². The molecule has 1 heterocycles. The Morgan fingerprint density at radius 2 is 1.94 bits per heavy atom. The van der Waals surface area contributed by atoms with Crippen molar-refractivity contribution in [1.29, 1.82) is 0 Å². The van der Waals surface area contributed by atoms with E-state index in [2.05, 4.69) is 15.6 Å². The Morgan fingerprint density at radius 1 is 1.17 bits per heavy atom. The molecular formula is C13H14N4O. The molecule has 2 rings (SSSR count). The molecule has 1 aromatic heterocycles. The Kier molecular flexibility index (Phi) is 3.88. The van der Waals surface area contributed by atoms with E-state index in [1.807, 2.05) is 24.3 Å². The van der Waals surface area contributed by atoms with Gasteiger partial charge in [0.1, 0.15) is 0 Å². The van der Waals surface area contributed by atoms with Crippen molar-refractivity contribution >= 4 is 17.4 Å². The molecule has 0 atom stereocenters. The zero-order valence-electron chi connectivity index (χ0n) is 9.76. The summed E-state index contributed by atoms with van der Waals surface area (Å²) in [5.74, 6) is 0. The number of pyridine rings is 1. The fraction of sp³-hybridized carbons (Fsp3) is 0.0769. The predicted molar refractivity (Wildman–Crippen MR) is 71.2 cm³/mol. The molecule has 0 saturated carbocycles. The number of urea groups is 1. The van der Waals surface area contributed by atoms with E-state index in [-0.39, 0.29) is 6.03 Å². The van der Waals surface area contributed by atoms with Crippen molar-refractivity contribution < 1.29 is 4.79 Å². The van der Waals surface area contributed by atoms with Crippen LogP contribution in [-0.4, -0.2) is 11.0 Å². The monoisotopic (exact) mass is 242 g/mol. The number of amides is 2. The maximum absolute atomic E-state index is 11.7. The highest BCUT2D eigenvalue weighted by Crippen LogP contribution is 2.11. The van der Waals surface area contributed by atoms with Gasteiger partial charge in [0.2, 0.25) is 0 Å². The molecule has 0 spiro atoms. The van der Waals surface area contributed by atoms with Crippen LogP contribution in [0, 0.1) is 0 Å². The normalized spacial score (nSPS) is 9.83. The number of benzene rings is 1. The predicted octanol–water partition coefficient (Wildman–Crippen LogP) is 2.18. The zero-order valence-corrected chi connectivity index (χ0v) is 9.76. The van der Waals surface area contributed by atoms with Crippen molar-refractivity contribution in [3.8, 4) is 0 Å². The highest BCUT2D eigenvalue weighted by atomic mass is 16.2. The average molecular weight is 242 g/mol. The summed E-state index contributed by atoms with van der Waals surface area (Å²) < 4.78 is 0. The van der Waals surface area contributed by atoms with Gasteiger partial charge in [0, 0.05) is 18.4 Å². The largest absolute Gasteiger partial charge is 0.326 e. The number of nitrogens with zero attached hydrogens (tertiary/aromatic N) is 1. The first-order valence-electron chi connectivity index (χ1n) is 5.55. The minimum Gasteiger partial charge on any atom is -0.326 e. The Hall–Kier alpha value is -2.40. The lowest BCUT2D eigenvalue weighted by atomic mass is 10.2. The third-order valence-electron chi connectivity index (χ3n) is 2.34. The van der Waals surface area contributed by atoms with Gasteiger partial charge in [-0.3, -0.25) is 4.98 Å². The maximum Gasteiger partial charge on any atom is 0.323 e. The fourth-order valence-electron chi connectivity index (χ4n) is 1.51. The van der Waals surface area contributed by atoms with Crippen LogP contribution in [0.1, 0.15) is 5.56 Å². The van der Waals surface area contributed by atoms with Gasteiger partial charge in [-0.15, -0.1) is 0 Å². The molecule has 0 aliphatic carbocycles. The molecule has 92 valence electrons. The number of carbonyl (C=O) groups excluding carboxylic acids is 1. The lowest BCUT2D eigenvalue weighted by Crippen LogP contribution is -2.19. The molecule has 1 aromatic carbocycles. The molecule has 4 N–H and O–H groups in total. The molecule has 5 heteroatoms. The summed E-state index contributed by atoms with van der Waals surface area (Å²) in [6.45, 7) is 0.444. The van der Waals surface area contributed by atoms with Crippen LogP contribution in [0.25, 0.3) is 0 Å². The van der Waals surface area contributed by atoms with Gasteiger partial charge in [-0.2, -0.15) is 0 Å². The van der Waals surface area contributed by atoms with Crippen molar-refractivity contribution in [3.63, 3.8) is 0 Å². The fourth-order valence-corrected chi connectivity index (χ4v) is 1.51. The van der Waals surface area contributed by atoms with Crippen LogP contribution in [0.3, 0.4) is 0 Å². The zero-order chi connectivity index (χ0) is 12.8. The van der Waals surface area contributed by atoms with Gasteiger partial charge < -0.3 is 16.4 Å². The van der Waals surface area contributed by atoms with Crippen LogP contribution in [-0.2, 0) is 6.54 Å². The number of rotatable bonds is 3. The molecule has 0 radical (unpaired) electrons. The number of aromatic nitrogens is 1. The van der Waals surface area contributed by atoms with Crippen molar-refractivity contribution in [1.82, 2.24) is 4.98 Å². The van der Waals surface area contributed by atoms with E-state index in [1.54, 1.807) is 24.5 Å². The molecule has 0 aliphatic rings. The SMILES string of the molecule is NCc1cccc(NC(=O)Nc2cccnc2)c1. The molecule has 0 saturated heterocycles. The summed E-state index contributed by atoms with van der Waals surface area (Å²) in [7, 11) is 0. The molecule has 2 aromatic rings. The molecule has 5 nitrogen and oxygen atoms in total. The van der Waals surface area contributed by atoms with Crippen molar-refractivity contribution in [2.75, 3.05) is 10.6 Å².